The molecule has 1 aromatic rings. The van der Waals surface area contributed by atoms with Crippen molar-refractivity contribution in [3.8, 4) is 0 Å². The van der Waals surface area contributed by atoms with E-state index in [1.807, 2.05) is 0 Å². The van der Waals surface area contributed by atoms with Gasteiger partial charge in [-0.1, -0.05) is 17.7 Å². The molecule has 7 heteroatoms. The third-order valence-corrected chi connectivity index (χ3v) is 3.06. The average molecular weight is 286 g/mol. The van der Waals surface area contributed by atoms with Crippen molar-refractivity contribution in [1.29, 1.82) is 0 Å². The van der Waals surface area contributed by atoms with Crippen molar-refractivity contribution < 1.29 is 14.0 Å². The maximum Gasteiger partial charge on any atom is 0.242 e. The summed E-state index contributed by atoms with van der Waals surface area (Å²) in [4.78, 5) is 24.4. The van der Waals surface area contributed by atoms with Crippen LogP contribution in [-0.2, 0) is 9.59 Å². The first-order chi connectivity index (χ1) is 9.08. The Bertz CT molecular complexity index is 510. The minimum atomic E-state index is -0.589. The largest absolute Gasteiger partial charge is 0.374 e. The van der Waals surface area contributed by atoms with Gasteiger partial charge in [-0.15, -0.1) is 0 Å². The van der Waals surface area contributed by atoms with Crippen LogP contribution in [-0.4, -0.2) is 42.9 Å². The minimum Gasteiger partial charge on any atom is -0.374 e. The highest BCUT2D eigenvalue weighted by molar-refractivity contribution is 6.31. The number of nitrogens with one attached hydrogen (secondary N) is 2. The Hall–Kier alpha value is -1.82. The van der Waals surface area contributed by atoms with Crippen molar-refractivity contribution in [2.75, 3.05) is 31.5 Å². The first kappa shape index (κ1) is 13.6. The molecule has 0 aliphatic carbocycles. The second kappa shape index (κ2) is 5.88. The van der Waals surface area contributed by atoms with Crippen LogP contribution in [0.2, 0.25) is 5.02 Å². The predicted molar refractivity (Wildman–Crippen MR) is 69.5 cm³/mol. The van der Waals surface area contributed by atoms with Gasteiger partial charge in [-0.05, 0) is 12.1 Å². The molecule has 0 bridgehead atoms. The molecule has 1 aromatic carbocycles. The minimum absolute atomic E-state index is 0.00482. The fourth-order valence-electron chi connectivity index (χ4n) is 1.77. The number of nitrogens with zero attached hydrogens (tertiary/aromatic N) is 1. The lowest BCUT2D eigenvalue weighted by Gasteiger charge is -2.26. The third kappa shape index (κ3) is 3.35. The maximum absolute atomic E-state index is 13.6. The van der Waals surface area contributed by atoms with Crippen molar-refractivity contribution in [1.82, 2.24) is 10.2 Å². The van der Waals surface area contributed by atoms with Crippen molar-refractivity contribution in [3.63, 3.8) is 0 Å². The summed E-state index contributed by atoms with van der Waals surface area (Å²) in [5.74, 6) is -1.03. The van der Waals surface area contributed by atoms with Crippen molar-refractivity contribution in [3.05, 3.63) is 29.0 Å². The quantitative estimate of drug-likeness (QED) is 0.865. The van der Waals surface area contributed by atoms with Crippen LogP contribution in [0.15, 0.2) is 18.2 Å². The highest BCUT2D eigenvalue weighted by Crippen LogP contribution is 2.21. The van der Waals surface area contributed by atoms with E-state index in [1.165, 1.54) is 17.0 Å². The molecule has 0 radical (unpaired) electrons. The van der Waals surface area contributed by atoms with Crippen LogP contribution in [0.25, 0.3) is 0 Å². The van der Waals surface area contributed by atoms with E-state index in [0.29, 0.717) is 13.1 Å². The van der Waals surface area contributed by atoms with Gasteiger partial charge in [0.15, 0.2) is 5.82 Å². The number of piperazine rings is 1. The van der Waals surface area contributed by atoms with Crippen LogP contribution in [0.4, 0.5) is 10.1 Å². The molecular formula is C12H13ClFN3O2. The standard InChI is InChI=1S/C12H13ClFN3O2/c13-8-2-1-3-9(12(8)14)16-6-11(19)17-5-4-15-10(18)7-17/h1-3,16H,4-7H2,(H,15,18). The zero-order chi connectivity index (χ0) is 13.8. The van der Waals surface area contributed by atoms with Crippen LogP contribution >= 0.6 is 11.6 Å². The van der Waals surface area contributed by atoms with Gasteiger partial charge in [0.2, 0.25) is 11.8 Å². The van der Waals surface area contributed by atoms with Gasteiger partial charge in [0.05, 0.1) is 23.8 Å². The predicted octanol–water partition coefficient (Wildman–Crippen LogP) is 0.849. The second-order valence-electron chi connectivity index (χ2n) is 4.12. The van der Waals surface area contributed by atoms with Crippen LogP contribution < -0.4 is 10.6 Å². The third-order valence-electron chi connectivity index (χ3n) is 2.77. The molecule has 0 saturated carbocycles. The number of amides is 2. The zero-order valence-corrected chi connectivity index (χ0v) is 10.8. The molecule has 102 valence electrons. The van der Waals surface area contributed by atoms with Gasteiger partial charge in [0.1, 0.15) is 0 Å². The van der Waals surface area contributed by atoms with E-state index in [0.717, 1.165) is 0 Å². The molecule has 1 heterocycles. The average Bonchev–Trinajstić information content (AvgIpc) is 2.40. The van der Waals surface area contributed by atoms with Gasteiger partial charge in [-0.3, -0.25) is 9.59 Å². The fourth-order valence-corrected chi connectivity index (χ4v) is 1.95. The van der Waals surface area contributed by atoms with Gasteiger partial charge in [-0.2, -0.15) is 0 Å². The summed E-state index contributed by atoms with van der Waals surface area (Å²) in [6.45, 7) is 0.865. The number of hydrogen-bond acceptors (Lipinski definition) is 3. The summed E-state index contributed by atoms with van der Waals surface area (Å²) >= 11 is 5.63. The lowest BCUT2D eigenvalue weighted by Crippen LogP contribution is -2.51. The lowest BCUT2D eigenvalue weighted by atomic mass is 10.3. The second-order valence-corrected chi connectivity index (χ2v) is 4.53. The van der Waals surface area contributed by atoms with Gasteiger partial charge >= 0.3 is 0 Å². The first-order valence-electron chi connectivity index (χ1n) is 5.80. The van der Waals surface area contributed by atoms with Crippen LogP contribution in [0.3, 0.4) is 0 Å². The topological polar surface area (TPSA) is 61.4 Å². The maximum atomic E-state index is 13.6. The van der Waals surface area contributed by atoms with E-state index in [2.05, 4.69) is 10.6 Å². The Morgan fingerprint density at radius 2 is 2.32 bits per heavy atom. The fraction of sp³-hybridized carbons (Fsp3) is 0.333. The molecule has 1 fully saturated rings. The smallest absolute Gasteiger partial charge is 0.242 e. The summed E-state index contributed by atoms with van der Waals surface area (Å²) in [5, 5.41) is 5.31. The highest BCUT2D eigenvalue weighted by atomic mass is 35.5. The first-order valence-corrected chi connectivity index (χ1v) is 6.18. The van der Waals surface area contributed by atoms with Crippen molar-refractivity contribution >= 4 is 29.1 Å². The summed E-state index contributed by atoms with van der Waals surface area (Å²) in [6, 6.07) is 4.52. The zero-order valence-electron chi connectivity index (χ0n) is 10.1. The molecule has 2 N–H and O–H groups in total. The van der Waals surface area contributed by atoms with E-state index >= 15 is 0 Å². The summed E-state index contributed by atoms with van der Waals surface area (Å²) in [6.07, 6.45) is 0. The van der Waals surface area contributed by atoms with E-state index in [-0.39, 0.29) is 35.6 Å². The molecule has 1 aliphatic heterocycles. The summed E-state index contributed by atoms with van der Waals surface area (Å²) in [5.41, 5.74) is 0.169. The number of benzene rings is 1. The van der Waals surface area contributed by atoms with E-state index in [4.69, 9.17) is 11.6 Å². The molecule has 0 unspecified atom stereocenters. The normalized spacial score (nSPS) is 15.1. The Morgan fingerprint density at radius 1 is 1.53 bits per heavy atom. The van der Waals surface area contributed by atoms with E-state index < -0.39 is 5.82 Å². The Kier molecular flexibility index (Phi) is 4.21. The highest BCUT2D eigenvalue weighted by Gasteiger charge is 2.20. The monoisotopic (exact) mass is 285 g/mol. The molecule has 0 atom stereocenters. The van der Waals surface area contributed by atoms with Gasteiger partial charge in [0, 0.05) is 13.1 Å². The number of rotatable bonds is 3. The molecule has 2 amide bonds. The Morgan fingerprint density at radius 3 is 3.05 bits per heavy atom. The molecule has 5 nitrogen and oxygen atoms in total. The Labute approximate surface area is 114 Å². The van der Waals surface area contributed by atoms with Crippen molar-refractivity contribution in [2.45, 2.75) is 0 Å². The van der Waals surface area contributed by atoms with Crippen LogP contribution in [0, 0.1) is 5.82 Å². The lowest BCUT2D eigenvalue weighted by molar-refractivity contribution is -0.136. The summed E-state index contributed by atoms with van der Waals surface area (Å²) < 4.78 is 13.6. The Balaban J connectivity index is 1.93. The van der Waals surface area contributed by atoms with Gasteiger partial charge in [0.25, 0.3) is 0 Å². The number of carbonyl (C=O) groups is 2. The SMILES string of the molecule is O=C1CN(C(=O)CNc2cccc(Cl)c2F)CCN1. The molecule has 0 spiro atoms. The van der Waals surface area contributed by atoms with E-state index in [9.17, 15) is 14.0 Å². The summed E-state index contributed by atoms with van der Waals surface area (Å²) in [7, 11) is 0. The molecule has 0 aromatic heterocycles. The molecule has 1 aliphatic rings. The molecule has 1 saturated heterocycles. The molecule has 19 heavy (non-hydrogen) atoms. The number of anilines is 1. The van der Waals surface area contributed by atoms with Gasteiger partial charge < -0.3 is 15.5 Å². The van der Waals surface area contributed by atoms with Crippen molar-refractivity contribution in [2.24, 2.45) is 0 Å². The van der Waals surface area contributed by atoms with Crippen LogP contribution in [0.1, 0.15) is 0 Å². The van der Waals surface area contributed by atoms with E-state index in [1.54, 1.807) is 6.07 Å². The number of halogens is 2. The number of carbonyl (C=O) groups excluding carboxylic acids is 2. The van der Waals surface area contributed by atoms with Gasteiger partial charge in [-0.25, -0.2) is 4.39 Å². The number of hydrogen-bond donors (Lipinski definition) is 2. The van der Waals surface area contributed by atoms with Crippen LogP contribution in [0.5, 0.6) is 0 Å². The molecule has 2 rings (SSSR count). The molecular weight excluding hydrogens is 273 g/mol.